The first-order chi connectivity index (χ1) is 12.9. The number of nitrogens with zero attached hydrogens (tertiary/aromatic N) is 3. The maximum Gasteiger partial charge on any atom is 0.271 e. The van der Waals surface area contributed by atoms with Gasteiger partial charge in [-0.05, 0) is 31.2 Å². The fourth-order valence-corrected chi connectivity index (χ4v) is 2.59. The molecule has 0 aromatic heterocycles. The van der Waals surface area contributed by atoms with Crippen LogP contribution in [-0.4, -0.2) is 39.8 Å². The molecule has 0 unspecified atom stereocenters. The van der Waals surface area contributed by atoms with Crippen LogP contribution < -0.4 is 5.43 Å². The molecule has 1 N–H and O–H groups in total. The molecule has 27 heavy (non-hydrogen) atoms. The molecule has 0 fully saturated rings. The quantitative estimate of drug-likeness (QED) is 0.375. The average molecular weight is 366 g/mol. The molecule has 2 aromatic rings. The smallest absolute Gasteiger partial charge is 0.269 e. The van der Waals surface area contributed by atoms with E-state index in [0.717, 1.165) is 4.90 Å². The van der Waals surface area contributed by atoms with Crippen LogP contribution in [0.25, 0.3) is 0 Å². The Kier molecular flexibility index (Phi) is 4.75. The van der Waals surface area contributed by atoms with Crippen molar-refractivity contribution in [2.75, 3.05) is 6.54 Å². The largest absolute Gasteiger partial charge is 0.271 e. The number of fused-ring (bicyclic) bond motifs is 1. The van der Waals surface area contributed by atoms with Gasteiger partial charge in [0.05, 0.1) is 28.3 Å². The first-order valence-corrected chi connectivity index (χ1v) is 7.91. The summed E-state index contributed by atoms with van der Waals surface area (Å²) in [6, 6.07) is 11.6. The molecule has 9 nitrogen and oxygen atoms in total. The second-order valence-electron chi connectivity index (χ2n) is 5.83. The molecule has 1 aliphatic heterocycles. The number of carbonyl (C=O) groups excluding carboxylic acids is 3. The summed E-state index contributed by atoms with van der Waals surface area (Å²) in [6.45, 7) is 1.51. The van der Waals surface area contributed by atoms with Crippen LogP contribution >= 0.6 is 0 Å². The van der Waals surface area contributed by atoms with E-state index in [-0.39, 0.29) is 17.8 Å². The number of nitro benzene ring substituents is 1. The van der Waals surface area contributed by atoms with Gasteiger partial charge in [-0.2, -0.15) is 5.10 Å². The number of carbonyl (C=O) groups is 3. The Balaban J connectivity index is 1.65. The number of non-ortho nitro benzene ring substituents is 1. The third-order valence-corrected chi connectivity index (χ3v) is 3.95. The van der Waals surface area contributed by atoms with Gasteiger partial charge in [-0.3, -0.25) is 29.4 Å². The van der Waals surface area contributed by atoms with Crippen molar-refractivity contribution < 1.29 is 19.3 Å². The van der Waals surface area contributed by atoms with E-state index in [1.165, 1.54) is 24.3 Å². The first kappa shape index (κ1) is 17.9. The molecule has 3 rings (SSSR count). The number of hydrazone groups is 1. The molecular weight excluding hydrogens is 352 g/mol. The van der Waals surface area contributed by atoms with Crippen molar-refractivity contribution in [2.24, 2.45) is 5.10 Å². The third-order valence-electron chi connectivity index (χ3n) is 3.95. The Labute approximate surface area is 153 Å². The Bertz CT molecular complexity index is 947. The number of amides is 3. The molecule has 1 aliphatic rings. The highest BCUT2D eigenvalue weighted by atomic mass is 16.6. The normalized spacial score (nSPS) is 13.5. The van der Waals surface area contributed by atoms with E-state index in [9.17, 15) is 24.5 Å². The summed E-state index contributed by atoms with van der Waals surface area (Å²) in [6.07, 6.45) is 0. The van der Waals surface area contributed by atoms with Crippen LogP contribution in [0.4, 0.5) is 5.69 Å². The van der Waals surface area contributed by atoms with Gasteiger partial charge in [0.2, 0.25) is 0 Å². The van der Waals surface area contributed by atoms with Crippen LogP contribution in [0.3, 0.4) is 0 Å². The molecule has 0 saturated heterocycles. The Morgan fingerprint density at radius 3 is 2.15 bits per heavy atom. The zero-order valence-electron chi connectivity index (χ0n) is 14.2. The molecule has 1 heterocycles. The average Bonchev–Trinajstić information content (AvgIpc) is 2.91. The molecule has 0 aliphatic carbocycles. The predicted molar refractivity (Wildman–Crippen MR) is 95.5 cm³/mol. The maximum absolute atomic E-state index is 12.3. The number of hydrogen-bond donors (Lipinski definition) is 1. The first-order valence-electron chi connectivity index (χ1n) is 7.91. The zero-order valence-corrected chi connectivity index (χ0v) is 14.2. The van der Waals surface area contributed by atoms with E-state index >= 15 is 0 Å². The van der Waals surface area contributed by atoms with E-state index in [4.69, 9.17) is 0 Å². The molecular formula is C18H14N4O5. The van der Waals surface area contributed by atoms with Crippen molar-refractivity contribution in [2.45, 2.75) is 6.92 Å². The summed E-state index contributed by atoms with van der Waals surface area (Å²) in [5.74, 6) is -1.38. The number of rotatable bonds is 5. The summed E-state index contributed by atoms with van der Waals surface area (Å²) in [4.78, 5) is 47.7. The van der Waals surface area contributed by atoms with Crippen LogP contribution in [0, 0.1) is 10.1 Å². The number of imide groups is 1. The van der Waals surface area contributed by atoms with Crippen molar-refractivity contribution in [3.05, 3.63) is 75.3 Å². The van der Waals surface area contributed by atoms with E-state index in [1.807, 2.05) is 0 Å². The minimum absolute atomic E-state index is 0.0626. The molecule has 0 spiro atoms. The van der Waals surface area contributed by atoms with Crippen molar-refractivity contribution in [3.8, 4) is 0 Å². The van der Waals surface area contributed by atoms with Gasteiger partial charge in [-0.25, -0.2) is 5.43 Å². The molecule has 3 amide bonds. The Hall–Kier alpha value is -3.88. The SMILES string of the molecule is CC(CN1C(=O)c2ccccc2C1=O)=NNC(=O)c1ccc([N+](=O)[O-])cc1. The monoisotopic (exact) mass is 366 g/mol. The minimum atomic E-state index is -0.563. The Morgan fingerprint density at radius 1 is 1.07 bits per heavy atom. The molecule has 136 valence electrons. The van der Waals surface area contributed by atoms with E-state index in [2.05, 4.69) is 10.5 Å². The highest BCUT2D eigenvalue weighted by molar-refractivity contribution is 6.22. The van der Waals surface area contributed by atoms with Gasteiger partial charge in [0, 0.05) is 17.7 Å². The molecule has 0 bridgehead atoms. The molecule has 0 atom stereocenters. The summed E-state index contributed by atoms with van der Waals surface area (Å²) < 4.78 is 0. The summed E-state index contributed by atoms with van der Waals surface area (Å²) in [5.41, 5.74) is 3.39. The van der Waals surface area contributed by atoms with Gasteiger partial charge in [0.15, 0.2) is 0 Å². The van der Waals surface area contributed by atoms with Gasteiger partial charge in [0.1, 0.15) is 0 Å². The molecule has 0 saturated carbocycles. The van der Waals surface area contributed by atoms with Crippen LogP contribution in [-0.2, 0) is 0 Å². The van der Waals surface area contributed by atoms with Gasteiger partial charge < -0.3 is 0 Å². The van der Waals surface area contributed by atoms with Crippen molar-refractivity contribution in [1.29, 1.82) is 0 Å². The number of benzene rings is 2. The zero-order chi connectivity index (χ0) is 19.6. The lowest BCUT2D eigenvalue weighted by Crippen LogP contribution is -2.35. The standard InChI is InChI=1S/C18H14N4O5/c1-11(10-21-17(24)14-4-2-3-5-15(14)18(21)25)19-20-16(23)12-6-8-13(9-7-12)22(26)27/h2-9H,10H2,1H3,(H,20,23). The lowest BCUT2D eigenvalue weighted by Gasteiger charge is -2.13. The topological polar surface area (TPSA) is 122 Å². The second kappa shape index (κ2) is 7.16. The van der Waals surface area contributed by atoms with Gasteiger partial charge in [-0.15, -0.1) is 0 Å². The van der Waals surface area contributed by atoms with Gasteiger partial charge in [0.25, 0.3) is 23.4 Å². The van der Waals surface area contributed by atoms with E-state index in [0.29, 0.717) is 16.8 Å². The molecule has 0 radical (unpaired) electrons. The molecule has 2 aromatic carbocycles. The van der Waals surface area contributed by atoms with Crippen molar-refractivity contribution in [1.82, 2.24) is 10.3 Å². The van der Waals surface area contributed by atoms with Crippen LogP contribution in [0.1, 0.15) is 38.0 Å². The fourth-order valence-electron chi connectivity index (χ4n) is 2.59. The maximum atomic E-state index is 12.3. The van der Waals surface area contributed by atoms with Crippen LogP contribution in [0.2, 0.25) is 0 Å². The van der Waals surface area contributed by atoms with E-state index < -0.39 is 22.6 Å². The fraction of sp³-hybridized carbons (Fsp3) is 0.111. The lowest BCUT2D eigenvalue weighted by molar-refractivity contribution is -0.384. The van der Waals surface area contributed by atoms with Crippen molar-refractivity contribution >= 4 is 29.1 Å². The van der Waals surface area contributed by atoms with Gasteiger partial charge >= 0.3 is 0 Å². The second-order valence-corrected chi connectivity index (χ2v) is 5.83. The number of hydrogen-bond acceptors (Lipinski definition) is 6. The highest BCUT2D eigenvalue weighted by Gasteiger charge is 2.35. The lowest BCUT2D eigenvalue weighted by atomic mass is 10.1. The third kappa shape index (κ3) is 3.56. The summed E-state index contributed by atoms with van der Waals surface area (Å²) >= 11 is 0. The minimum Gasteiger partial charge on any atom is -0.269 e. The highest BCUT2D eigenvalue weighted by Crippen LogP contribution is 2.22. The van der Waals surface area contributed by atoms with Gasteiger partial charge in [-0.1, -0.05) is 12.1 Å². The van der Waals surface area contributed by atoms with Crippen LogP contribution in [0.5, 0.6) is 0 Å². The van der Waals surface area contributed by atoms with Crippen LogP contribution in [0.15, 0.2) is 53.6 Å². The summed E-state index contributed by atoms with van der Waals surface area (Å²) in [5, 5.41) is 14.5. The Morgan fingerprint density at radius 2 is 1.63 bits per heavy atom. The van der Waals surface area contributed by atoms with Crippen molar-refractivity contribution in [3.63, 3.8) is 0 Å². The number of nitrogens with one attached hydrogen (secondary N) is 1. The predicted octanol–water partition coefficient (Wildman–Crippen LogP) is 2.00. The summed E-state index contributed by atoms with van der Waals surface area (Å²) in [7, 11) is 0. The molecule has 9 heteroatoms. The number of nitro groups is 1. The van der Waals surface area contributed by atoms with E-state index in [1.54, 1.807) is 31.2 Å².